The summed E-state index contributed by atoms with van der Waals surface area (Å²) in [5.41, 5.74) is 1.61. The predicted octanol–water partition coefficient (Wildman–Crippen LogP) is 3.67. The van der Waals surface area contributed by atoms with E-state index < -0.39 is 0 Å². The molecular formula is C16H14BrNO3. The Morgan fingerprint density at radius 1 is 1.14 bits per heavy atom. The van der Waals surface area contributed by atoms with E-state index in [9.17, 15) is 4.79 Å². The number of carbonyl (C=O) groups excluding carboxylic acids is 1. The lowest BCUT2D eigenvalue weighted by Gasteiger charge is -2.14. The highest BCUT2D eigenvalue weighted by atomic mass is 79.9. The highest BCUT2D eigenvalue weighted by Crippen LogP contribution is 2.32. The first-order valence-corrected chi connectivity index (χ1v) is 7.39. The highest BCUT2D eigenvalue weighted by molar-refractivity contribution is 9.10. The van der Waals surface area contributed by atoms with Gasteiger partial charge in [-0.05, 0) is 42.8 Å². The monoisotopic (exact) mass is 347 g/mol. The second-order valence-corrected chi connectivity index (χ2v) is 5.73. The smallest absolute Gasteiger partial charge is 0.251 e. The fourth-order valence-corrected chi connectivity index (χ4v) is 2.42. The van der Waals surface area contributed by atoms with E-state index in [1.54, 1.807) is 18.2 Å². The van der Waals surface area contributed by atoms with Crippen LogP contribution >= 0.6 is 15.9 Å². The fraction of sp³-hybridized carbons (Fsp3) is 0.188. The summed E-state index contributed by atoms with van der Waals surface area (Å²) in [6.45, 7) is 2.16. The van der Waals surface area contributed by atoms with Gasteiger partial charge in [0.05, 0.1) is 6.04 Å². The number of benzene rings is 2. The molecule has 0 spiro atoms. The second kappa shape index (κ2) is 5.77. The minimum absolute atomic E-state index is 0.0731. The van der Waals surface area contributed by atoms with Gasteiger partial charge in [-0.1, -0.05) is 28.1 Å². The summed E-state index contributed by atoms with van der Waals surface area (Å²) in [7, 11) is 0. The lowest BCUT2D eigenvalue weighted by Crippen LogP contribution is -2.26. The van der Waals surface area contributed by atoms with Gasteiger partial charge in [-0.15, -0.1) is 0 Å². The zero-order valence-corrected chi connectivity index (χ0v) is 13.0. The molecule has 1 aliphatic rings. The average Bonchev–Trinajstić information content (AvgIpc) is 2.95. The maximum Gasteiger partial charge on any atom is 0.251 e. The molecule has 1 N–H and O–H groups in total. The molecule has 2 aromatic carbocycles. The van der Waals surface area contributed by atoms with Crippen molar-refractivity contribution >= 4 is 21.8 Å². The van der Waals surface area contributed by atoms with Crippen LogP contribution in [-0.2, 0) is 0 Å². The molecule has 3 rings (SSSR count). The molecule has 1 heterocycles. The highest BCUT2D eigenvalue weighted by Gasteiger charge is 2.17. The molecular weight excluding hydrogens is 334 g/mol. The van der Waals surface area contributed by atoms with E-state index in [2.05, 4.69) is 21.2 Å². The van der Waals surface area contributed by atoms with Crippen molar-refractivity contribution in [3.63, 3.8) is 0 Å². The van der Waals surface area contributed by atoms with Gasteiger partial charge in [0.2, 0.25) is 6.79 Å². The summed E-state index contributed by atoms with van der Waals surface area (Å²) < 4.78 is 11.5. The van der Waals surface area contributed by atoms with Crippen molar-refractivity contribution in [2.24, 2.45) is 0 Å². The van der Waals surface area contributed by atoms with Crippen LogP contribution in [0.15, 0.2) is 46.9 Å². The van der Waals surface area contributed by atoms with Gasteiger partial charge < -0.3 is 14.8 Å². The van der Waals surface area contributed by atoms with Crippen molar-refractivity contribution in [3.8, 4) is 11.5 Å². The van der Waals surface area contributed by atoms with Gasteiger partial charge in [0.25, 0.3) is 5.91 Å². The van der Waals surface area contributed by atoms with E-state index in [1.165, 1.54) is 0 Å². The number of amides is 1. The maximum atomic E-state index is 12.3. The molecule has 21 heavy (non-hydrogen) atoms. The SMILES string of the molecule is CC(NC(=O)c1ccc2c(c1)OCO2)c1ccc(Br)cc1. The van der Waals surface area contributed by atoms with Crippen molar-refractivity contribution in [3.05, 3.63) is 58.1 Å². The van der Waals surface area contributed by atoms with Crippen LogP contribution in [0.5, 0.6) is 11.5 Å². The number of nitrogens with one attached hydrogen (secondary N) is 1. The molecule has 0 bridgehead atoms. The van der Waals surface area contributed by atoms with Crippen molar-refractivity contribution in [1.29, 1.82) is 0 Å². The Labute approximate surface area is 131 Å². The van der Waals surface area contributed by atoms with Crippen LogP contribution in [0.25, 0.3) is 0 Å². The average molecular weight is 348 g/mol. The first-order valence-electron chi connectivity index (χ1n) is 6.59. The zero-order valence-electron chi connectivity index (χ0n) is 11.4. The molecule has 0 aromatic heterocycles. The normalized spacial score (nSPS) is 13.8. The van der Waals surface area contributed by atoms with Gasteiger partial charge in [0.1, 0.15) is 0 Å². The number of fused-ring (bicyclic) bond motifs is 1. The summed E-state index contributed by atoms with van der Waals surface area (Å²) in [6, 6.07) is 13.0. The lowest BCUT2D eigenvalue weighted by molar-refractivity contribution is 0.0939. The summed E-state index contributed by atoms with van der Waals surface area (Å²) >= 11 is 3.40. The van der Waals surface area contributed by atoms with Gasteiger partial charge in [-0.3, -0.25) is 4.79 Å². The van der Waals surface area contributed by atoms with Gasteiger partial charge in [-0.2, -0.15) is 0 Å². The summed E-state index contributed by atoms with van der Waals surface area (Å²) in [6.07, 6.45) is 0. The van der Waals surface area contributed by atoms with Gasteiger partial charge in [0.15, 0.2) is 11.5 Å². The molecule has 4 nitrogen and oxygen atoms in total. The minimum atomic E-state index is -0.135. The van der Waals surface area contributed by atoms with Crippen LogP contribution in [-0.4, -0.2) is 12.7 Å². The van der Waals surface area contributed by atoms with Crippen LogP contribution in [0.4, 0.5) is 0 Å². The van der Waals surface area contributed by atoms with Crippen LogP contribution in [0.1, 0.15) is 28.9 Å². The molecule has 0 fully saturated rings. The molecule has 0 radical (unpaired) electrons. The standard InChI is InChI=1S/C16H14BrNO3/c1-10(11-2-5-13(17)6-3-11)18-16(19)12-4-7-14-15(8-12)21-9-20-14/h2-8,10H,9H2,1H3,(H,18,19). The molecule has 108 valence electrons. The number of ether oxygens (including phenoxy) is 2. The van der Waals surface area contributed by atoms with Crippen LogP contribution in [0.3, 0.4) is 0 Å². The van der Waals surface area contributed by atoms with Gasteiger partial charge >= 0.3 is 0 Å². The fourth-order valence-electron chi connectivity index (χ4n) is 2.15. The largest absolute Gasteiger partial charge is 0.454 e. The third-order valence-electron chi connectivity index (χ3n) is 3.35. The van der Waals surface area contributed by atoms with Gasteiger partial charge in [0, 0.05) is 10.0 Å². The summed E-state index contributed by atoms with van der Waals surface area (Å²) in [5, 5.41) is 2.97. The van der Waals surface area contributed by atoms with Crippen molar-refractivity contribution in [2.45, 2.75) is 13.0 Å². The van der Waals surface area contributed by atoms with Crippen LogP contribution < -0.4 is 14.8 Å². The molecule has 1 unspecified atom stereocenters. The third kappa shape index (κ3) is 3.03. The first kappa shape index (κ1) is 13.9. The summed E-state index contributed by atoms with van der Waals surface area (Å²) in [5.74, 6) is 1.15. The predicted molar refractivity (Wildman–Crippen MR) is 82.6 cm³/mol. The van der Waals surface area contributed by atoms with Crippen molar-refractivity contribution in [2.75, 3.05) is 6.79 Å². The van der Waals surface area contributed by atoms with Crippen LogP contribution in [0, 0.1) is 0 Å². The van der Waals surface area contributed by atoms with E-state index in [0.29, 0.717) is 17.1 Å². The molecule has 1 amide bonds. The minimum Gasteiger partial charge on any atom is -0.454 e. The first-order chi connectivity index (χ1) is 10.1. The molecule has 1 atom stereocenters. The second-order valence-electron chi connectivity index (χ2n) is 4.81. The molecule has 5 heteroatoms. The van der Waals surface area contributed by atoms with Crippen molar-refractivity contribution < 1.29 is 14.3 Å². The van der Waals surface area contributed by atoms with Crippen molar-refractivity contribution in [1.82, 2.24) is 5.32 Å². The van der Waals surface area contributed by atoms with E-state index in [0.717, 1.165) is 10.0 Å². The molecule has 0 saturated carbocycles. The van der Waals surface area contributed by atoms with E-state index in [4.69, 9.17) is 9.47 Å². The topological polar surface area (TPSA) is 47.6 Å². The maximum absolute atomic E-state index is 12.3. The Morgan fingerprint density at radius 3 is 2.62 bits per heavy atom. The van der Waals surface area contributed by atoms with Gasteiger partial charge in [-0.25, -0.2) is 0 Å². The van der Waals surface area contributed by atoms with E-state index >= 15 is 0 Å². The van der Waals surface area contributed by atoms with E-state index in [-0.39, 0.29) is 18.7 Å². The van der Waals surface area contributed by atoms with E-state index in [1.807, 2.05) is 31.2 Å². The van der Waals surface area contributed by atoms with Crippen LogP contribution in [0.2, 0.25) is 0 Å². The number of carbonyl (C=O) groups is 1. The lowest BCUT2D eigenvalue weighted by atomic mass is 10.1. The number of halogens is 1. The quantitative estimate of drug-likeness (QED) is 0.921. The Balaban J connectivity index is 1.72. The molecule has 1 aliphatic heterocycles. The number of hydrogen-bond donors (Lipinski definition) is 1. The Bertz CT molecular complexity index is 670. The molecule has 0 aliphatic carbocycles. The summed E-state index contributed by atoms with van der Waals surface area (Å²) in [4.78, 5) is 12.3. The number of rotatable bonds is 3. The zero-order chi connectivity index (χ0) is 14.8. The number of hydrogen-bond acceptors (Lipinski definition) is 3. The Morgan fingerprint density at radius 2 is 1.86 bits per heavy atom. The Hall–Kier alpha value is -2.01. The molecule has 0 saturated heterocycles. The third-order valence-corrected chi connectivity index (χ3v) is 3.88. The molecule has 2 aromatic rings. The Kier molecular flexibility index (Phi) is 3.84.